The third-order valence-electron chi connectivity index (χ3n) is 7.00. The summed E-state index contributed by atoms with van der Waals surface area (Å²) >= 11 is -2.03. The zero-order chi connectivity index (χ0) is 19.2. The first-order valence-electron chi connectivity index (χ1n) is 11.1. The van der Waals surface area contributed by atoms with Crippen LogP contribution in [0.1, 0.15) is 49.7 Å². The fourth-order valence-electron chi connectivity index (χ4n) is 5.68. The van der Waals surface area contributed by atoms with E-state index in [2.05, 4.69) is 72.8 Å². The van der Waals surface area contributed by atoms with Crippen molar-refractivity contribution in [2.24, 2.45) is 0 Å². The van der Waals surface area contributed by atoms with Gasteiger partial charge in [0.1, 0.15) is 0 Å². The number of halogens is 2. The largest absolute Gasteiger partial charge is 1.00 e. The zero-order valence-corrected chi connectivity index (χ0v) is 21.6. The van der Waals surface area contributed by atoms with Crippen molar-refractivity contribution in [1.29, 1.82) is 0 Å². The summed E-state index contributed by atoms with van der Waals surface area (Å²) in [5.74, 6) is 0. The molecular formula is C28H26Cl2Zr. The van der Waals surface area contributed by atoms with Gasteiger partial charge in [0.2, 0.25) is 0 Å². The Morgan fingerprint density at radius 3 is 2.39 bits per heavy atom. The number of fused-ring (bicyclic) bond motifs is 5. The SMILES string of the molecule is C1=CC[C]([Zr+2](=[C]2CCCCC2)[c]2cccc3ccc4c(c23)Cc2ccccc2-4)=C1.[Cl-].[Cl-]. The number of allylic oxidation sites excluding steroid dienone is 4. The summed E-state index contributed by atoms with van der Waals surface area (Å²) in [7, 11) is 0. The molecule has 0 aliphatic heterocycles. The minimum absolute atomic E-state index is 0. The van der Waals surface area contributed by atoms with Gasteiger partial charge < -0.3 is 24.8 Å². The van der Waals surface area contributed by atoms with Crippen molar-refractivity contribution in [1.82, 2.24) is 0 Å². The van der Waals surface area contributed by atoms with Gasteiger partial charge in [0, 0.05) is 0 Å². The van der Waals surface area contributed by atoms with Crippen molar-refractivity contribution in [2.75, 3.05) is 0 Å². The normalized spacial score (nSPS) is 16.0. The number of benzene rings is 3. The maximum Gasteiger partial charge on any atom is -1.00 e. The molecule has 1 fully saturated rings. The molecule has 0 N–H and O–H groups in total. The summed E-state index contributed by atoms with van der Waals surface area (Å²) < 4.78 is 5.51. The predicted octanol–water partition coefficient (Wildman–Crippen LogP) is 0.643. The van der Waals surface area contributed by atoms with Crippen LogP contribution in [0.5, 0.6) is 0 Å². The fourth-order valence-corrected chi connectivity index (χ4v) is 14.1. The molecular weight excluding hydrogens is 498 g/mol. The molecule has 0 atom stereocenters. The molecule has 3 aromatic rings. The van der Waals surface area contributed by atoms with Crippen LogP contribution >= 0.6 is 0 Å². The molecule has 0 aromatic heterocycles. The van der Waals surface area contributed by atoms with Gasteiger partial charge in [-0.15, -0.1) is 0 Å². The summed E-state index contributed by atoms with van der Waals surface area (Å²) in [6.45, 7) is 0. The molecule has 0 bridgehead atoms. The molecule has 1 saturated carbocycles. The maximum absolute atomic E-state index is 2.52. The van der Waals surface area contributed by atoms with E-state index in [1.165, 1.54) is 60.6 Å². The number of hydrogen-bond donors (Lipinski definition) is 0. The Balaban J connectivity index is 0.00000116. The molecule has 0 heterocycles. The van der Waals surface area contributed by atoms with Crippen LogP contribution in [0, 0.1) is 0 Å². The zero-order valence-electron chi connectivity index (χ0n) is 17.6. The Kier molecular flexibility index (Phi) is 7.17. The third-order valence-corrected chi connectivity index (χ3v) is 14.8. The molecule has 0 unspecified atom stereocenters. The molecule has 3 aliphatic rings. The molecule has 0 radical (unpaired) electrons. The monoisotopic (exact) mass is 522 g/mol. The first kappa shape index (κ1) is 22.9. The minimum Gasteiger partial charge on any atom is -1.00 e. The smallest absolute Gasteiger partial charge is 1.00 e. The summed E-state index contributed by atoms with van der Waals surface area (Å²) in [6, 6.07) is 21.0. The van der Waals surface area contributed by atoms with E-state index < -0.39 is 21.3 Å². The molecule has 0 amide bonds. The van der Waals surface area contributed by atoms with E-state index in [0.29, 0.717) is 0 Å². The van der Waals surface area contributed by atoms with Gasteiger partial charge >= 0.3 is 182 Å². The fraction of sp³-hybridized carbons (Fsp3) is 0.250. The molecule has 31 heavy (non-hydrogen) atoms. The second-order valence-electron chi connectivity index (χ2n) is 8.69. The minimum atomic E-state index is -2.03. The van der Waals surface area contributed by atoms with E-state index in [1.807, 2.05) is 3.21 Å². The van der Waals surface area contributed by atoms with Crippen LogP contribution in [0.25, 0.3) is 21.9 Å². The first-order chi connectivity index (χ1) is 14.4. The van der Waals surface area contributed by atoms with Gasteiger partial charge in [0.05, 0.1) is 0 Å². The second kappa shape index (κ2) is 9.70. The van der Waals surface area contributed by atoms with Gasteiger partial charge in [-0.3, -0.25) is 0 Å². The van der Waals surface area contributed by atoms with Crippen LogP contribution < -0.4 is 28.1 Å². The Morgan fingerprint density at radius 2 is 1.58 bits per heavy atom. The number of hydrogen-bond acceptors (Lipinski definition) is 0. The van der Waals surface area contributed by atoms with E-state index in [9.17, 15) is 0 Å². The average molecular weight is 525 g/mol. The summed E-state index contributed by atoms with van der Waals surface area (Å²) in [5.41, 5.74) is 6.04. The van der Waals surface area contributed by atoms with Crippen molar-refractivity contribution < 1.29 is 46.1 Å². The van der Waals surface area contributed by atoms with Gasteiger partial charge in [-0.25, -0.2) is 0 Å². The van der Waals surface area contributed by atoms with Crippen molar-refractivity contribution >= 4 is 17.2 Å². The van der Waals surface area contributed by atoms with Crippen molar-refractivity contribution in [2.45, 2.75) is 44.9 Å². The molecule has 3 aliphatic carbocycles. The van der Waals surface area contributed by atoms with E-state index in [1.54, 1.807) is 17.5 Å². The van der Waals surface area contributed by atoms with Gasteiger partial charge in [-0.1, -0.05) is 0 Å². The van der Waals surface area contributed by atoms with E-state index >= 15 is 0 Å². The third kappa shape index (κ3) is 3.99. The van der Waals surface area contributed by atoms with Crippen LogP contribution in [-0.4, -0.2) is 3.21 Å². The maximum atomic E-state index is 2.52. The van der Waals surface area contributed by atoms with Crippen molar-refractivity contribution in [3.8, 4) is 11.1 Å². The molecule has 6 rings (SSSR count). The van der Waals surface area contributed by atoms with E-state index in [4.69, 9.17) is 0 Å². The van der Waals surface area contributed by atoms with E-state index in [-0.39, 0.29) is 24.8 Å². The molecule has 0 nitrogen and oxygen atoms in total. The van der Waals surface area contributed by atoms with E-state index in [0.717, 1.165) is 6.42 Å². The summed E-state index contributed by atoms with van der Waals surface area (Å²) in [6.07, 6.45) is 16.5. The Morgan fingerprint density at radius 1 is 0.742 bits per heavy atom. The van der Waals surface area contributed by atoms with Crippen LogP contribution in [-0.2, 0) is 27.7 Å². The van der Waals surface area contributed by atoms with Gasteiger partial charge in [0.15, 0.2) is 0 Å². The molecule has 0 spiro atoms. The van der Waals surface area contributed by atoms with Gasteiger partial charge in [-0.2, -0.15) is 0 Å². The molecule has 3 aromatic carbocycles. The van der Waals surface area contributed by atoms with Gasteiger partial charge in [0.25, 0.3) is 0 Å². The van der Waals surface area contributed by atoms with Gasteiger partial charge in [-0.05, 0) is 0 Å². The second-order valence-corrected chi connectivity index (χ2v) is 15.2. The van der Waals surface area contributed by atoms with Crippen molar-refractivity contribution in [3.05, 3.63) is 87.2 Å². The van der Waals surface area contributed by atoms with Crippen molar-refractivity contribution in [3.63, 3.8) is 0 Å². The quantitative estimate of drug-likeness (QED) is 0.361. The standard InChI is InChI=1S/C17H11.C6H10.C5H5.2ClH.Zr/c1-3-7-14-12(5-1)9-10-16-15-8-4-2-6-13(15)11-17(14)16;1-2-4-6-5-3-1;1-2-4-5-3-1;;;/h1-6,8-10H,11H2;1-5H2;1-3H,4H2;2*1H;/q;;;;;+2/p-2. The molecule has 3 heteroatoms. The van der Waals surface area contributed by atoms with Crippen LogP contribution in [0.4, 0.5) is 0 Å². The van der Waals surface area contributed by atoms with Crippen LogP contribution in [0.2, 0.25) is 0 Å². The Bertz CT molecular complexity index is 1220. The number of rotatable bonds is 2. The summed E-state index contributed by atoms with van der Waals surface area (Å²) in [4.78, 5) is 0. The summed E-state index contributed by atoms with van der Waals surface area (Å²) in [5, 5.41) is 3.07. The Labute approximate surface area is 205 Å². The average Bonchev–Trinajstić information content (AvgIpc) is 3.43. The molecule has 0 saturated heterocycles. The van der Waals surface area contributed by atoms with Crippen LogP contribution in [0.15, 0.2) is 76.1 Å². The topological polar surface area (TPSA) is 0 Å². The molecule has 156 valence electrons. The Hall–Kier alpha value is -1.27. The predicted molar refractivity (Wildman–Crippen MR) is 122 cm³/mol. The van der Waals surface area contributed by atoms with Crippen LogP contribution in [0.3, 0.4) is 0 Å². The first-order valence-corrected chi connectivity index (χ1v) is 14.8.